The third-order valence-corrected chi connectivity index (χ3v) is 4.36. The van der Waals surface area contributed by atoms with Gasteiger partial charge in [0.15, 0.2) is 5.16 Å². The lowest BCUT2D eigenvalue weighted by Gasteiger charge is -2.09. The summed E-state index contributed by atoms with van der Waals surface area (Å²) in [5.74, 6) is -3.83. The predicted octanol–water partition coefficient (Wildman–Crippen LogP) is 2.44. The Hall–Kier alpha value is -2.46. The van der Waals surface area contributed by atoms with E-state index in [4.69, 9.17) is 11.6 Å². The summed E-state index contributed by atoms with van der Waals surface area (Å²) in [6, 6.07) is 6.32. The molecule has 1 aromatic heterocycles. The minimum atomic E-state index is -2.70. The van der Waals surface area contributed by atoms with E-state index in [2.05, 4.69) is 20.8 Å². The van der Waals surface area contributed by atoms with Crippen LogP contribution < -0.4 is 16.4 Å². The number of nitrogens with zero attached hydrogens (tertiary/aromatic N) is 1. The Morgan fingerprint density at radius 2 is 2.00 bits per heavy atom. The van der Waals surface area contributed by atoms with Crippen LogP contribution in [0.3, 0.4) is 0 Å². The predicted molar refractivity (Wildman–Crippen MR) is 96.8 cm³/mol. The topological polar surface area (TPSA) is 104 Å². The van der Waals surface area contributed by atoms with Crippen LogP contribution in [0.25, 0.3) is 0 Å². The quantitative estimate of drug-likeness (QED) is 0.381. The van der Waals surface area contributed by atoms with Crippen molar-refractivity contribution in [2.24, 2.45) is 0 Å². The second-order valence-corrected chi connectivity index (χ2v) is 6.68. The van der Waals surface area contributed by atoms with E-state index >= 15 is 0 Å². The van der Waals surface area contributed by atoms with Crippen LogP contribution >= 0.6 is 23.4 Å². The van der Waals surface area contributed by atoms with Gasteiger partial charge in [-0.2, -0.15) is 8.78 Å². The molecule has 1 heterocycles. The molecule has 0 atom stereocenters. The fourth-order valence-corrected chi connectivity index (χ4v) is 2.89. The molecule has 3 N–H and O–H groups in total. The van der Waals surface area contributed by atoms with Crippen molar-refractivity contribution in [1.29, 1.82) is 0 Å². The van der Waals surface area contributed by atoms with E-state index in [-0.39, 0.29) is 51.6 Å². The summed E-state index contributed by atoms with van der Waals surface area (Å²) in [6.07, 6.45) is -0.0860. The maximum absolute atomic E-state index is 12.3. The second kappa shape index (κ2) is 9.47. The number of aromatic amines is 1. The number of halogens is 3. The van der Waals surface area contributed by atoms with Crippen LogP contribution in [0.4, 0.5) is 8.78 Å². The van der Waals surface area contributed by atoms with E-state index in [1.165, 1.54) is 19.1 Å². The number of H-pyrrole nitrogens is 1. The first-order chi connectivity index (χ1) is 12.8. The molecule has 2 aromatic rings. The van der Waals surface area contributed by atoms with E-state index in [9.17, 15) is 23.2 Å². The summed E-state index contributed by atoms with van der Waals surface area (Å²) >= 11 is 6.02. The van der Waals surface area contributed by atoms with Crippen molar-refractivity contribution in [2.75, 3.05) is 0 Å². The maximum atomic E-state index is 12.3. The average molecular weight is 417 g/mol. The molecule has 11 heteroatoms. The molecule has 27 heavy (non-hydrogen) atoms. The number of thioether (sulfide) groups is 1. The van der Waals surface area contributed by atoms with Gasteiger partial charge in [-0.05, 0) is 37.2 Å². The van der Waals surface area contributed by atoms with Crippen molar-refractivity contribution in [3.05, 3.63) is 56.5 Å². The van der Waals surface area contributed by atoms with Crippen LogP contribution in [-0.2, 0) is 11.2 Å². The van der Waals surface area contributed by atoms with Gasteiger partial charge in [0.1, 0.15) is 0 Å². The van der Waals surface area contributed by atoms with Gasteiger partial charge in [-0.25, -0.2) is 4.98 Å². The smallest absolute Gasteiger partial charge is 0.291 e. The largest absolute Gasteiger partial charge is 0.301 e. The van der Waals surface area contributed by atoms with E-state index < -0.39 is 23.1 Å². The molecular weight excluding hydrogens is 402 g/mol. The number of amides is 2. The van der Waals surface area contributed by atoms with Crippen molar-refractivity contribution in [3.8, 4) is 0 Å². The first-order valence-corrected chi connectivity index (χ1v) is 8.92. The van der Waals surface area contributed by atoms with E-state index in [1.807, 2.05) is 0 Å². The average Bonchev–Trinajstić information content (AvgIpc) is 2.58. The zero-order valence-electron chi connectivity index (χ0n) is 14.0. The van der Waals surface area contributed by atoms with E-state index in [1.54, 1.807) is 12.1 Å². The Bertz CT molecular complexity index is 907. The standard InChI is InChI=1S/C16H15ClF2N4O3S/c1-8-9(13(25)21-16(20-8)27-15(18)19)6-7-12(24)22-23-14(26)10-4-2-3-5-11(10)17/h2-5,15H,6-7H2,1H3,(H,22,24)(H,23,26)(H,20,21,25). The molecule has 1 aromatic carbocycles. The van der Waals surface area contributed by atoms with Gasteiger partial charge in [0.05, 0.1) is 10.6 Å². The number of alkyl halides is 2. The highest BCUT2D eigenvalue weighted by Crippen LogP contribution is 2.21. The highest BCUT2D eigenvalue weighted by molar-refractivity contribution is 7.99. The third kappa shape index (κ3) is 6.04. The van der Waals surface area contributed by atoms with Gasteiger partial charge in [0.25, 0.3) is 17.2 Å². The van der Waals surface area contributed by atoms with E-state index in [0.29, 0.717) is 0 Å². The monoisotopic (exact) mass is 416 g/mol. The van der Waals surface area contributed by atoms with Crippen LogP contribution in [0.1, 0.15) is 28.0 Å². The number of carbonyl (C=O) groups excluding carboxylic acids is 2. The lowest BCUT2D eigenvalue weighted by atomic mass is 10.1. The molecule has 0 spiro atoms. The molecule has 0 radical (unpaired) electrons. The van der Waals surface area contributed by atoms with Crippen LogP contribution in [0.2, 0.25) is 5.02 Å². The molecular formula is C16H15ClF2N4O3S. The number of nitrogens with one attached hydrogen (secondary N) is 3. The Labute approximate surface area is 161 Å². The van der Waals surface area contributed by atoms with Gasteiger partial charge in [-0.3, -0.25) is 25.2 Å². The van der Waals surface area contributed by atoms with Crippen molar-refractivity contribution in [1.82, 2.24) is 20.8 Å². The van der Waals surface area contributed by atoms with Gasteiger partial charge in [0, 0.05) is 17.7 Å². The first-order valence-electron chi connectivity index (χ1n) is 7.66. The molecule has 0 unspecified atom stereocenters. The molecule has 0 aliphatic heterocycles. The number of benzene rings is 1. The number of hydrazine groups is 1. The van der Waals surface area contributed by atoms with E-state index in [0.717, 1.165) is 0 Å². The van der Waals surface area contributed by atoms with Crippen molar-refractivity contribution < 1.29 is 18.4 Å². The molecule has 0 aliphatic carbocycles. The number of aromatic nitrogens is 2. The molecule has 0 saturated heterocycles. The van der Waals surface area contributed by atoms with Crippen LogP contribution in [0.15, 0.2) is 34.2 Å². The lowest BCUT2D eigenvalue weighted by Crippen LogP contribution is -2.42. The molecule has 0 aliphatic rings. The molecule has 0 bridgehead atoms. The summed E-state index contributed by atoms with van der Waals surface area (Å²) in [4.78, 5) is 41.9. The minimum absolute atomic E-state index is 0.0294. The number of hydrogen-bond acceptors (Lipinski definition) is 5. The maximum Gasteiger partial charge on any atom is 0.291 e. The van der Waals surface area contributed by atoms with Crippen molar-refractivity contribution >= 4 is 35.2 Å². The summed E-state index contributed by atoms with van der Waals surface area (Å²) in [5, 5.41) is 0.0481. The van der Waals surface area contributed by atoms with Crippen LogP contribution in [-0.4, -0.2) is 27.5 Å². The zero-order chi connectivity index (χ0) is 20.0. The Morgan fingerprint density at radius 1 is 1.30 bits per heavy atom. The Balaban J connectivity index is 1.91. The lowest BCUT2D eigenvalue weighted by molar-refractivity contribution is -0.121. The van der Waals surface area contributed by atoms with Crippen LogP contribution in [0.5, 0.6) is 0 Å². The van der Waals surface area contributed by atoms with Crippen molar-refractivity contribution in [2.45, 2.75) is 30.7 Å². The SMILES string of the molecule is Cc1nc(SC(F)F)[nH]c(=O)c1CCC(=O)NNC(=O)c1ccccc1Cl. The highest BCUT2D eigenvalue weighted by atomic mass is 35.5. The minimum Gasteiger partial charge on any atom is -0.301 e. The second-order valence-electron chi connectivity index (χ2n) is 5.30. The fourth-order valence-electron chi connectivity index (χ4n) is 2.16. The molecule has 0 fully saturated rings. The summed E-state index contributed by atoms with van der Waals surface area (Å²) < 4.78 is 24.7. The fraction of sp³-hybridized carbons (Fsp3) is 0.250. The number of hydrogen-bond donors (Lipinski definition) is 3. The third-order valence-electron chi connectivity index (χ3n) is 3.44. The molecule has 0 saturated carbocycles. The van der Waals surface area contributed by atoms with Gasteiger partial charge in [0.2, 0.25) is 5.91 Å². The molecule has 144 valence electrons. The van der Waals surface area contributed by atoms with Gasteiger partial charge >= 0.3 is 0 Å². The summed E-state index contributed by atoms with van der Waals surface area (Å²) in [6.45, 7) is 1.50. The first kappa shape index (κ1) is 20.8. The normalized spacial score (nSPS) is 10.7. The summed E-state index contributed by atoms with van der Waals surface area (Å²) in [7, 11) is 0. The molecule has 2 amide bonds. The Morgan fingerprint density at radius 3 is 2.63 bits per heavy atom. The number of rotatable bonds is 6. The van der Waals surface area contributed by atoms with Gasteiger partial charge < -0.3 is 4.98 Å². The zero-order valence-corrected chi connectivity index (χ0v) is 15.6. The highest BCUT2D eigenvalue weighted by Gasteiger charge is 2.15. The van der Waals surface area contributed by atoms with Gasteiger partial charge in [-0.15, -0.1) is 0 Å². The number of carbonyl (C=O) groups is 2. The van der Waals surface area contributed by atoms with Gasteiger partial charge in [-0.1, -0.05) is 23.7 Å². The van der Waals surface area contributed by atoms with Crippen molar-refractivity contribution in [3.63, 3.8) is 0 Å². The number of aryl methyl sites for hydroxylation is 1. The van der Waals surface area contributed by atoms with Crippen LogP contribution in [0, 0.1) is 6.92 Å². The Kier molecular flexibility index (Phi) is 7.31. The molecule has 7 nitrogen and oxygen atoms in total. The summed E-state index contributed by atoms with van der Waals surface area (Å²) in [5.41, 5.74) is 4.53. The molecule has 2 rings (SSSR count).